The average Bonchev–Trinajstić information content (AvgIpc) is 3.00. The summed E-state index contributed by atoms with van der Waals surface area (Å²) in [4.78, 5) is 26.0. The van der Waals surface area contributed by atoms with Gasteiger partial charge in [0.25, 0.3) is 0 Å². The standard InChI is InChI=1S/C32H36O10/c1-16-17(2)27(42-32(35)19-12-10-9-11-13-19)21-15-23(36-4)29(38-6)31(40-8)25(21)24-20(26(16)41-18(3)33)14-22(34)28(37-5)30(24)39-7/h9-17,26-27,34H,1-8H3. The summed E-state index contributed by atoms with van der Waals surface area (Å²) in [5, 5.41) is 11.0. The molecule has 0 spiro atoms. The Morgan fingerprint density at radius 3 is 1.67 bits per heavy atom. The molecule has 4 rings (SSSR count). The van der Waals surface area contributed by atoms with Crippen molar-refractivity contribution in [2.24, 2.45) is 11.8 Å². The van der Waals surface area contributed by atoms with Crippen molar-refractivity contribution in [3.05, 3.63) is 59.2 Å². The molecule has 0 amide bonds. The summed E-state index contributed by atoms with van der Waals surface area (Å²) < 4.78 is 40.9. The average molecular weight is 581 g/mol. The molecule has 0 heterocycles. The number of phenolic OH excluding ortho intramolecular Hbond substituents is 1. The van der Waals surface area contributed by atoms with Gasteiger partial charge in [-0.15, -0.1) is 0 Å². The molecule has 0 aliphatic heterocycles. The third-order valence-corrected chi connectivity index (χ3v) is 7.70. The fraction of sp³-hybridized carbons (Fsp3) is 0.375. The summed E-state index contributed by atoms with van der Waals surface area (Å²) in [6.45, 7) is 5.11. The van der Waals surface area contributed by atoms with E-state index in [1.165, 1.54) is 48.5 Å². The highest BCUT2D eigenvalue weighted by Crippen LogP contribution is 2.59. The zero-order valence-corrected chi connectivity index (χ0v) is 25.0. The molecule has 1 N–H and O–H groups in total. The van der Waals surface area contributed by atoms with Crippen LogP contribution in [0.25, 0.3) is 11.1 Å². The molecule has 0 bridgehead atoms. The first-order valence-corrected chi connectivity index (χ1v) is 13.4. The maximum atomic E-state index is 13.5. The summed E-state index contributed by atoms with van der Waals surface area (Å²) in [5.41, 5.74) is 2.18. The first-order chi connectivity index (χ1) is 20.1. The Balaban J connectivity index is 2.18. The van der Waals surface area contributed by atoms with Crippen LogP contribution >= 0.6 is 0 Å². The van der Waals surface area contributed by atoms with Crippen molar-refractivity contribution in [1.29, 1.82) is 0 Å². The predicted molar refractivity (Wildman–Crippen MR) is 154 cm³/mol. The molecular weight excluding hydrogens is 544 g/mol. The lowest BCUT2D eigenvalue weighted by Crippen LogP contribution is -2.31. The van der Waals surface area contributed by atoms with E-state index in [1.54, 1.807) is 30.3 Å². The summed E-state index contributed by atoms with van der Waals surface area (Å²) in [5.74, 6) is -1.04. The van der Waals surface area contributed by atoms with Crippen LogP contribution in [0.1, 0.15) is 54.5 Å². The number of carbonyl (C=O) groups excluding carboxylic acids is 2. The van der Waals surface area contributed by atoms with E-state index in [0.29, 0.717) is 33.6 Å². The maximum Gasteiger partial charge on any atom is 0.338 e. The highest BCUT2D eigenvalue weighted by molar-refractivity contribution is 5.91. The number of rotatable bonds is 8. The van der Waals surface area contributed by atoms with E-state index >= 15 is 0 Å². The number of ether oxygens (including phenoxy) is 7. The SMILES string of the molecule is COc1cc2c(c(OC)c1OC)-c1c(cc(O)c(OC)c1OC)C(OC(C)=O)C(C)C(C)C2OC(=O)c1ccccc1. The molecule has 1 aliphatic rings. The number of methoxy groups -OCH3 is 5. The zero-order chi connectivity index (χ0) is 30.7. The number of esters is 2. The molecular formula is C32H36O10. The topological polar surface area (TPSA) is 119 Å². The number of carbonyl (C=O) groups is 2. The number of hydrogen-bond acceptors (Lipinski definition) is 10. The minimum atomic E-state index is -0.887. The van der Waals surface area contributed by atoms with Gasteiger partial charge in [-0.05, 0) is 24.3 Å². The Morgan fingerprint density at radius 1 is 0.667 bits per heavy atom. The number of aromatic hydroxyl groups is 1. The first kappa shape index (κ1) is 30.4. The van der Waals surface area contributed by atoms with Crippen LogP contribution in [0.4, 0.5) is 0 Å². The second kappa shape index (κ2) is 12.5. The fourth-order valence-electron chi connectivity index (χ4n) is 5.57. The Morgan fingerprint density at radius 2 is 1.17 bits per heavy atom. The zero-order valence-electron chi connectivity index (χ0n) is 25.0. The molecule has 10 heteroatoms. The van der Waals surface area contributed by atoms with Crippen LogP contribution in [-0.2, 0) is 14.3 Å². The van der Waals surface area contributed by atoms with E-state index in [-0.39, 0.29) is 28.7 Å². The summed E-state index contributed by atoms with van der Waals surface area (Å²) in [6.07, 6.45) is -1.77. The van der Waals surface area contributed by atoms with Gasteiger partial charge in [-0.2, -0.15) is 0 Å². The van der Waals surface area contributed by atoms with Crippen molar-refractivity contribution in [2.75, 3.05) is 35.5 Å². The molecule has 4 atom stereocenters. The quantitative estimate of drug-likeness (QED) is 0.323. The molecule has 224 valence electrons. The van der Waals surface area contributed by atoms with E-state index in [2.05, 4.69) is 0 Å². The molecule has 0 aromatic heterocycles. The van der Waals surface area contributed by atoms with Gasteiger partial charge in [-0.1, -0.05) is 32.0 Å². The van der Waals surface area contributed by atoms with Crippen LogP contribution in [0, 0.1) is 11.8 Å². The van der Waals surface area contributed by atoms with E-state index in [0.717, 1.165) is 0 Å². The molecule has 1 aliphatic carbocycles. The third-order valence-electron chi connectivity index (χ3n) is 7.70. The van der Waals surface area contributed by atoms with E-state index in [9.17, 15) is 14.7 Å². The van der Waals surface area contributed by atoms with Crippen LogP contribution in [0.15, 0.2) is 42.5 Å². The predicted octanol–water partition coefficient (Wildman–Crippen LogP) is 5.89. The fourth-order valence-corrected chi connectivity index (χ4v) is 5.57. The molecule has 0 saturated heterocycles. The van der Waals surface area contributed by atoms with Gasteiger partial charge in [0.2, 0.25) is 11.5 Å². The molecule has 3 aromatic carbocycles. The van der Waals surface area contributed by atoms with Gasteiger partial charge in [0.1, 0.15) is 12.2 Å². The monoisotopic (exact) mass is 580 g/mol. The highest BCUT2D eigenvalue weighted by Gasteiger charge is 2.44. The van der Waals surface area contributed by atoms with Crippen molar-refractivity contribution < 1.29 is 47.9 Å². The van der Waals surface area contributed by atoms with E-state index in [4.69, 9.17) is 33.2 Å². The Bertz CT molecular complexity index is 1470. The number of phenols is 1. The lowest BCUT2D eigenvalue weighted by Gasteiger charge is -2.39. The van der Waals surface area contributed by atoms with Crippen LogP contribution in [0.5, 0.6) is 34.5 Å². The lowest BCUT2D eigenvalue weighted by molar-refractivity contribution is -0.151. The van der Waals surface area contributed by atoms with Gasteiger partial charge in [-0.25, -0.2) is 4.79 Å². The first-order valence-electron chi connectivity index (χ1n) is 13.4. The molecule has 0 radical (unpaired) electrons. The van der Waals surface area contributed by atoms with Gasteiger partial charge in [0.05, 0.1) is 41.1 Å². The minimum absolute atomic E-state index is 0.0553. The molecule has 0 saturated carbocycles. The van der Waals surface area contributed by atoms with Crippen molar-refractivity contribution in [3.8, 4) is 45.6 Å². The van der Waals surface area contributed by atoms with Gasteiger partial charge < -0.3 is 38.3 Å². The van der Waals surface area contributed by atoms with Crippen LogP contribution in [0.3, 0.4) is 0 Å². The molecule has 42 heavy (non-hydrogen) atoms. The second-order valence-corrected chi connectivity index (χ2v) is 9.98. The van der Waals surface area contributed by atoms with E-state index < -0.39 is 36.0 Å². The van der Waals surface area contributed by atoms with Crippen molar-refractivity contribution in [1.82, 2.24) is 0 Å². The van der Waals surface area contributed by atoms with Gasteiger partial charge in [-0.3, -0.25) is 4.79 Å². The van der Waals surface area contributed by atoms with E-state index in [1.807, 2.05) is 19.9 Å². The van der Waals surface area contributed by atoms with Crippen molar-refractivity contribution in [3.63, 3.8) is 0 Å². The number of benzene rings is 3. The van der Waals surface area contributed by atoms with Crippen LogP contribution in [-0.4, -0.2) is 52.6 Å². The van der Waals surface area contributed by atoms with Gasteiger partial charge in [0.15, 0.2) is 23.0 Å². The normalized spacial score (nSPS) is 19.2. The molecule has 0 fully saturated rings. The Kier molecular flexibility index (Phi) is 9.04. The van der Waals surface area contributed by atoms with Crippen LogP contribution < -0.4 is 23.7 Å². The molecule has 4 unspecified atom stereocenters. The smallest absolute Gasteiger partial charge is 0.338 e. The third kappa shape index (κ3) is 5.24. The minimum Gasteiger partial charge on any atom is -0.504 e. The number of fused-ring (bicyclic) bond motifs is 3. The Hall–Kier alpha value is -4.60. The van der Waals surface area contributed by atoms with Gasteiger partial charge in [0, 0.05) is 41.0 Å². The summed E-state index contributed by atoms with van der Waals surface area (Å²) in [7, 11) is 7.28. The largest absolute Gasteiger partial charge is 0.504 e. The highest BCUT2D eigenvalue weighted by atomic mass is 16.6. The second-order valence-electron chi connectivity index (χ2n) is 9.98. The summed E-state index contributed by atoms with van der Waals surface area (Å²) >= 11 is 0. The van der Waals surface area contributed by atoms with Crippen molar-refractivity contribution in [2.45, 2.75) is 33.0 Å². The maximum absolute atomic E-state index is 13.5. The van der Waals surface area contributed by atoms with Gasteiger partial charge >= 0.3 is 11.9 Å². The molecule has 10 nitrogen and oxygen atoms in total. The van der Waals surface area contributed by atoms with Crippen LogP contribution in [0.2, 0.25) is 0 Å². The number of hydrogen-bond donors (Lipinski definition) is 1. The summed E-state index contributed by atoms with van der Waals surface area (Å²) in [6, 6.07) is 11.9. The lowest BCUT2D eigenvalue weighted by atomic mass is 9.74. The Labute approximate surface area is 245 Å². The molecule has 3 aromatic rings. The van der Waals surface area contributed by atoms with Crippen molar-refractivity contribution >= 4 is 11.9 Å².